The standard InChI is InChI=1S/C15H8Cl2N4O4/c16-11-4-2-1-3-9(11)14-19-20-15(25-14)18-13(22)10-7-8(21(23)24)5-6-12(10)17/h1-7H,(H,18,20,22). The summed E-state index contributed by atoms with van der Waals surface area (Å²) >= 11 is 12.0. The minimum atomic E-state index is -0.719. The molecule has 0 aliphatic carbocycles. The summed E-state index contributed by atoms with van der Waals surface area (Å²) in [7, 11) is 0. The molecule has 3 rings (SSSR count). The summed E-state index contributed by atoms with van der Waals surface area (Å²) in [6.07, 6.45) is 0. The third-order valence-corrected chi connectivity index (χ3v) is 3.81. The van der Waals surface area contributed by atoms with E-state index in [9.17, 15) is 14.9 Å². The van der Waals surface area contributed by atoms with E-state index in [1.165, 1.54) is 12.1 Å². The van der Waals surface area contributed by atoms with Gasteiger partial charge >= 0.3 is 6.01 Å². The summed E-state index contributed by atoms with van der Waals surface area (Å²) in [6.45, 7) is 0. The zero-order valence-corrected chi connectivity index (χ0v) is 13.8. The first-order valence-corrected chi connectivity index (χ1v) is 7.55. The Bertz CT molecular complexity index is 974. The molecule has 1 heterocycles. The molecule has 0 aliphatic rings. The number of amides is 1. The number of nitro groups is 1. The van der Waals surface area contributed by atoms with Crippen LogP contribution in [-0.2, 0) is 0 Å². The highest BCUT2D eigenvalue weighted by Gasteiger charge is 2.19. The van der Waals surface area contributed by atoms with Gasteiger partial charge in [-0.1, -0.05) is 40.4 Å². The molecular formula is C15H8Cl2N4O4. The van der Waals surface area contributed by atoms with Crippen LogP contribution in [0.3, 0.4) is 0 Å². The van der Waals surface area contributed by atoms with Crippen molar-refractivity contribution in [1.29, 1.82) is 0 Å². The van der Waals surface area contributed by atoms with Gasteiger partial charge in [-0.3, -0.25) is 20.2 Å². The maximum absolute atomic E-state index is 12.3. The average Bonchev–Trinajstić information content (AvgIpc) is 3.03. The third-order valence-electron chi connectivity index (χ3n) is 3.16. The minimum Gasteiger partial charge on any atom is -0.403 e. The third kappa shape index (κ3) is 3.59. The number of nitro benzene ring substituents is 1. The Morgan fingerprint density at radius 3 is 2.60 bits per heavy atom. The number of carbonyl (C=O) groups is 1. The lowest BCUT2D eigenvalue weighted by molar-refractivity contribution is -0.384. The fourth-order valence-electron chi connectivity index (χ4n) is 1.98. The molecular weight excluding hydrogens is 371 g/mol. The van der Waals surface area contributed by atoms with Crippen LogP contribution in [0.25, 0.3) is 11.5 Å². The predicted molar refractivity (Wildman–Crippen MR) is 90.8 cm³/mol. The lowest BCUT2D eigenvalue weighted by atomic mass is 10.2. The second-order valence-electron chi connectivity index (χ2n) is 4.77. The van der Waals surface area contributed by atoms with Crippen molar-refractivity contribution >= 4 is 40.8 Å². The van der Waals surface area contributed by atoms with Crippen molar-refractivity contribution in [3.8, 4) is 11.5 Å². The summed E-state index contributed by atoms with van der Waals surface area (Å²) in [5, 5.41) is 21.1. The van der Waals surface area contributed by atoms with Crippen LogP contribution in [0.4, 0.5) is 11.7 Å². The van der Waals surface area contributed by atoms with E-state index in [0.29, 0.717) is 10.6 Å². The summed E-state index contributed by atoms with van der Waals surface area (Å²) in [5.41, 5.74) is 0.149. The van der Waals surface area contributed by atoms with Crippen molar-refractivity contribution < 1.29 is 14.1 Å². The van der Waals surface area contributed by atoms with Crippen LogP contribution < -0.4 is 5.32 Å². The van der Waals surface area contributed by atoms with E-state index < -0.39 is 10.8 Å². The van der Waals surface area contributed by atoms with Crippen LogP contribution in [-0.4, -0.2) is 21.0 Å². The van der Waals surface area contributed by atoms with Crippen LogP contribution in [0, 0.1) is 10.1 Å². The Hall–Kier alpha value is -2.97. The van der Waals surface area contributed by atoms with Crippen molar-refractivity contribution in [2.45, 2.75) is 0 Å². The van der Waals surface area contributed by atoms with E-state index in [4.69, 9.17) is 27.6 Å². The number of hydrogen-bond acceptors (Lipinski definition) is 6. The molecule has 0 aliphatic heterocycles. The van der Waals surface area contributed by atoms with Gasteiger partial charge in [-0.15, -0.1) is 5.10 Å². The summed E-state index contributed by atoms with van der Waals surface area (Å²) < 4.78 is 5.34. The second kappa shape index (κ2) is 6.88. The number of benzene rings is 2. The second-order valence-corrected chi connectivity index (χ2v) is 5.58. The quantitative estimate of drug-likeness (QED) is 0.537. The molecule has 0 saturated carbocycles. The predicted octanol–water partition coefficient (Wildman–Crippen LogP) is 4.20. The van der Waals surface area contributed by atoms with E-state index in [0.717, 1.165) is 6.07 Å². The molecule has 0 unspecified atom stereocenters. The van der Waals surface area contributed by atoms with Gasteiger partial charge < -0.3 is 4.42 Å². The first-order valence-electron chi connectivity index (χ1n) is 6.79. The maximum atomic E-state index is 12.3. The van der Waals surface area contributed by atoms with E-state index in [-0.39, 0.29) is 28.2 Å². The van der Waals surface area contributed by atoms with Crippen molar-refractivity contribution in [1.82, 2.24) is 10.2 Å². The molecule has 3 aromatic rings. The fourth-order valence-corrected chi connectivity index (χ4v) is 2.40. The van der Waals surface area contributed by atoms with Gasteiger partial charge in [0.2, 0.25) is 0 Å². The number of non-ortho nitro benzene ring substituents is 1. The normalized spacial score (nSPS) is 10.5. The van der Waals surface area contributed by atoms with E-state index in [2.05, 4.69) is 15.5 Å². The topological polar surface area (TPSA) is 111 Å². The van der Waals surface area contributed by atoms with Gasteiger partial charge in [0.1, 0.15) is 0 Å². The zero-order chi connectivity index (χ0) is 18.0. The van der Waals surface area contributed by atoms with Crippen molar-refractivity contribution in [2.24, 2.45) is 0 Å². The number of nitrogens with zero attached hydrogens (tertiary/aromatic N) is 3. The summed E-state index contributed by atoms with van der Waals surface area (Å²) in [4.78, 5) is 22.4. The van der Waals surface area contributed by atoms with Gasteiger partial charge in [-0.05, 0) is 18.2 Å². The Balaban J connectivity index is 1.84. The van der Waals surface area contributed by atoms with Gasteiger partial charge in [0, 0.05) is 12.1 Å². The molecule has 1 amide bonds. The van der Waals surface area contributed by atoms with Crippen molar-refractivity contribution in [3.05, 3.63) is 68.2 Å². The minimum absolute atomic E-state index is 0.0499. The van der Waals surface area contributed by atoms with Crippen molar-refractivity contribution in [3.63, 3.8) is 0 Å². The number of halogens is 2. The van der Waals surface area contributed by atoms with E-state index in [1.54, 1.807) is 24.3 Å². The molecule has 1 N–H and O–H groups in total. The molecule has 2 aromatic carbocycles. The molecule has 0 spiro atoms. The molecule has 1 aromatic heterocycles. The first kappa shape index (κ1) is 16.9. The highest BCUT2D eigenvalue weighted by Crippen LogP contribution is 2.28. The van der Waals surface area contributed by atoms with Crippen LogP contribution in [0.1, 0.15) is 10.4 Å². The highest BCUT2D eigenvalue weighted by molar-refractivity contribution is 6.34. The molecule has 0 fully saturated rings. The Kier molecular flexibility index (Phi) is 4.64. The van der Waals surface area contributed by atoms with Gasteiger partial charge in [-0.2, -0.15) is 0 Å². The summed E-state index contributed by atoms with van der Waals surface area (Å²) in [6, 6.07) is 10.1. The zero-order valence-electron chi connectivity index (χ0n) is 12.3. The number of rotatable bonds is 4. The van der Waals surface area contributed by atoms with Crippen LogP contribution in [0.15, 0.2) is 46.9 Å². The number of carbonyl (C=O) groups excluding carboxylic acids is 1. The number of anilines is 1. The summed E-state index contributed by atoms with van der Waals surface area (Å²) in [5.74, 6) is -0.603. The largest absolute Gasteiger partial charge is 0.403 e. The molecule has 126 valence electrons. The number of aromatic nitrogens is 2. The van der Waals surface area contributed by atoms with Crippen LogP contribution in [0.2, 0.25) is 10.0 Å². The highest BCUT2D eigenvalue weighted by atomic mass is 35.5. The molecule has 0 radical (unpaired) electrons. The number of hydrogen-bond donors (Lipinski definition) is 1. The van der Waals surface area contributed by atoms with E-state index in [1.807, 2.05) is 0 Å². The van der Waals surface area contributed by atoms with Crippen molar-refractivity contribution in [2.75, 3.05) is 5.32 Å². The van der Waals surface area contributed by atoms with Crippen LogP contribution >= 0.6 is 23.2 Å². The Morgan fingerprint density at radius 2 is 1.88 bits per heavy atom. The van der Waals surface area contributed by atoms with Gasteiger partial charge in [0.15, 0.2) is 0 Å². The molecule has 8 nitrogen and oxygen atoms in total. The molecule has 10 heteroatoms. The van der Waals surface area contributed by atoms with Crippen LogP contribution in [0.5, 0.6) is 0 Å². The molecule has 25 heavy (non-hydrogen) atoms. The monoisotopic (exact) mass is 378 g/mol. The van der Waals surface area contributed by atoms with E-state index >= 15 is 0 Å². The van der Waals surface area contributed by atoms with Gasteiger partial charge in [0.25, 0.3) is 17.5 Å². The smallest absolute Gasteiger partial charge is 0.322 e. The fraction of sp³-hybridized carbons (Fsp3) is 0. The lowest BCUT2D eigenvalue weighted by Crippen LogP contribution is -2.13. The van der Waals surface area contributed by atoms with Gasteiger partial charge in [0.05, 0.1) is 26.1 Å². The SMILES string of the molecule is O=C(Nc1nnc(-c2ccccc2Cl)o1)c1cc([N+](=O)[O-])ccc1Cl. The average molecular weight is 379 g/mol. The Morgan fingerprint density at radius 1 is 1.12 bits per heavy atom. The maximum Gasteiger partial charge on any atom is 0.322 e. The first-order chi connectivity index (χ1) is 12.0. The Labute approximate surface area is 150 Å². The lowest BCUT2D eigenvalue weighted by Gasteiger charge is -2.03. The number of nitrogens with one attached hydrogen (secondary N) is 1. The molecule has 0 saturated heterocycles. The molecule has 0 atom stereocenters. The van der Waals surface area contributed by atoms with Gasteiger partial charge in [-0.25, -0.2) is 0 Å². The molecule has 0 bridgehead atoms.